The predicted molar refractivity (Wildman–Crippen MR) is 130 cm³/mol. The molecule has 4 aliphatic carbocycles. The summed E-state index contributed by atoms with van der Waals surface area (Å²) in [4.78, 5) is 18.2. The SMILES string of the molecule is CCc1ccc(Oc2ccc3cc(Cl)ccc3n2)cc1C1=C(O)C2C3CCC(CC3)C2C1=O. The van der Waals surface area contributed by atoms with E-state index in [0.29, 0.717) is 39.8 Å². The fourth-order valence-corrected chi connectivity index (χ4v) is 6.55. The number of aliphatic hydroxyl groups is 1. The van der Waals surface area contributed by atoms with E-state index < -0.39 is 0 Å². The molecule has 0 amide bonds. The topological polar surface area (TPSA) is 59.4 Å². The third-order valence-electron chi connectivity index (χ3n) is 7.92. The highest BCUT2D eigenvalue weighted by molar-refractivity contribution is 6.31. The Morgan fingerprint density at radius 2 is 1.76 bits per heavy atom. The Balaban J connectivity index is 1.37. The minimum absolute atomic E-state index is 0.00302. The lowest BCUT2D eigenvalue weighted by Gasteiger charge is -2.44. The Morgan fingerprint density at radius 1 is 1.00 bits per heavy atom. The summed E-state index contributed by atoms with van der Waals surface area (Å²) in [5, 5.41) is 12.9. The molecule has 2 aromatic carbocycles. The number of Topliss-reactive ketones (excluding diaryl/α,β-unsaturated/α-hetero) is 1. The first kappa shape index (κ1) is 20.7. The van der Waals surface area contributed by atoms with Crippen LogP contribution in [-0.4, -0.2) is 15.9 Å². The number of ketones is 1. The molecule has 0 spiro atoms. The van der Waals surface area contributed by atoms with E-state index >= 15 is 0 Å². The van der Waals surface area contributed by atoms with Crippen molar-refractivity contribution in [3.8, 4) is 11.6 Å². The normalized spacial score (nSPS) is 26.2. The quantitative estimate of drug-likeness (QED) is 0.450. The molecule has 0 aliphatic heterocycles. The van der Waals surface area contributed by atoms with E-state index in [-0.39, 0.29) is 17.6 Å². The Bertz CT molecular complexity index is 1310. The molecule has 168 valence electrons. The van der Waals surface area contributed by atoms with Crippen molar-refractivity contribution < 1.29 is 14.6 Å². The molecule has 1 N–H and O–H groups in total. The predicted octanol–water partition coefficient (Wildman–Crippen LogP) is 7.15. The van der Waals surface area contributed by atoms with Crippen molar-refractivity contribution in [1.82, 2.24) is 4.98 Å². The van der Waals surface area contributed by atoms with Gasteiger partial charge in [0, 0.05) is 28.3 Å². The number of pyridine rings is 1. The van der Waals surface area contributed by atoms with Crippen molar-refractivity contribution in [3.05, 3.63) is 70.4 Å². The number of hydrogen-bond acceptors (Lipinski definition) is 4. The number of benzene rings is 2. The maximum Gasteiger partial charge on any atom is 0.219 e. The molecule has 7 rings (SSSR count). The number of allylic oxidation sites excluding steroid dienone is 2. The summed E-state index contributed by atoms with van der Waals surface area (Å²) in [5.41, 5.74) is 3.17. The van der Waals surface area contributed by atoms with E-state index in [1.807, 2.05) is 48.5 Å². The number of halogens is 1. The molecule has 3 aromatic rings. The highest BCUT2D eigenvalue weighted by Crippen LogP contribution is 2.57. The molecule has 0 radical (unpaired) electrons. The van der Waals surface area contributed by atoms with Crippen molar-refractivity contribution in [1.29, 1.82) is 0 Å². The van der Waals surface area contributed by atoms with Gasteiger partial charge in [0.2, 0.25) is 5.88 Å². The van der Waals surface area contributed by atoms with Crippen LogP contribution in [0.25, 0.3) is 16.5 Å². The van der Waals surface area contributed by atoms with Gasteiger partial charge < -0.3 is 9.84 Å². The first-order chi connectivity index (χ1) is 16.0. The number of carbonyl (C=O) groups is 1. The van der Waals surface area contributed by atoms with Crippen molar-refractivity contribution in [2.24, 2.45) is 23.7 Å². The van der Waals surface area contributed by atoms with Gasteiger partial charge in [-0.05, 0) is 91.5 Å². The van der Waals surface area contributed by atoms with Crippen LogP contribution in [0.1, 0.15) is 43.7 Å². The van der Waals surface area contributed by atoms with Crippen LogP contribution in [0.2, 0.25) is 5.02 Å². The number of hydrogen-bond donors (Lipinski definition) is 1. The largest absolute Gasteiger partial charge is 0.511 e. The monoisotopic (exact) mass is 459 g/mol. The molecule has 33 heavy (non-hydrogen) atoms. The van der Waals surface area contributed by atoms with Crippen molar-refractivity contribution in [2.75, 3.05) is 0 Å². The molecule has 4 nitrogen and oxygen atoms in total. The second kappa shape index (κ2) is 7.88. The highest BCUT2D eigenvalue weighted by atomic mass is 35.5. The number of carbonyl (C=O) groups excluding carboxylic acids is 1. The summed E-state index contributed by atoms with van der Waals surface area (Å²) in [6.45, 7) is 2.07. The van der Waals surface area contributed by atoms with Gasteiger partial charge in [-0.15, -0.1) is 0 Å². The average molecular weight is 460 g/mol. The molecule has 5 heteroatoms. The molecular weight excluding hydrogens is 434 g/mol. The molecule has 2 unspecified atom stereocenters. The van der Waals surface area contributed by atoms with Gasteiger partial charge in [0.25, 0.3) is 0 Å². The van der Waals surface area contributed by atoms with Crippen molar-refractivity contribution in [2.45, 2.75) is 39.0 Å². The molecule has 1 aromatic heterocycles. The summed E-state index contributed by atoms with van der Waals surface area (Å²) in [6, 6.07) is 15.1. The van der Waals surface area contributed by atoms with Crippen molar-refractivity contribution in [3.63, 3.8) is 0 Å². The summed E-state index contributed by atoms with van der Waals surface area (Å²) >= 11 is 6.08. The molecular formula is C28H26ClNO3. The summed E-state index contributed by atoms with van der Waals surface area (Å²) in [6.07, 6.45) is 5.25. The van der Waals surface area contributed by atoms with E-state index in [0.717, 1.165) is 54.1 Å². The summed E-state index contributed by atoms with van der Waals surface area (Å²) in [7, 11) is 0. The second-order valence-corrected chi connectivity index (χ2v) is 10.0. The van der Waals surface area contributed by atoms with Crippen LogP contribution in [0, 0.1) is 23.7 Å². The van der Waals surface area contributed by atoms with E-state index in [9.17, 15) is 9.90 Å². The summed E-state index contributed by atoms with van der Waals surface area (Å²) < 4.78 is 6.10. The van der Waals surface area contributed by atoms with Gasteiger partial charge in [0.1, 0.15) is 11.5 Å². The molecule has 3 fully saturated rings. The van der Waals surface area contributed by atoms with Gasteiger partial charge in [0.15, 0.2) is 5.78 Å². The van der Waals surface area contributed by atoms with Crippen LogP contribution < -0.4 is 4.74 Å². The van der Waals surface area contributed by atoms with Gasteiger partial charge >= 0.3 is 0 Å². The van der Waals surface area contributed by atoms with Crippen LogP contribution in [0.4, 0.5) is 0 Å². The minimum Gasteiger partial charge on any atom is -0.511 e. The fourth-order valence-electron chi connectivity index (χ4n) is 6.37. The number of aryl methyl sites for hydroxylation is 1. The first-order valence-corrected chi connectivity index (χ1v) is 12.3. The maximum atomic E-state index is 13.6. The molecule has 3 saturated carbocycles. The standard InChI is InChI=1S/C28H26ClNO3/c1-2-15-7-10-20(33-23-12-8-18-13-19(29)9-11-22(18)30-23)14-21(15)26-27(31)24-16-3-4-17(6-5-16)25(24)28(26)32/h7-14,16-17,24-25,31H,2-6H2,1H3. The number of ether oxygens (including phenoxy) is 1. The third kappa shape index (κ3) is 3.34. The Hall–Kier alpha value is -2.85. The van der Waals surface area contributed by atoms with Gasteiger partial charge in [-0.3, -0.25) is 4.79 Å². The van der Waals surface area contributed by atoms with E-state index in [1.54, 1.807) is 0 Å². The lowest BCUT2D eigenvalue weighted by molar-refractivity contribution is -0.123. The number of aliphatic hydroxyl groups excluding tert-OH is 1. The zero-order chi connectivity index (χ0) is 22.7. The number of nitrogens with zero attached hydrogens (tertiary/aromatic N) is 1. The molecule has 0 saturated heterocycles. The van der Waals surface area contributed by atoms with Crippen molar-refractivity contribution >= 4 is 33.9 Å². The summed E-state index contributed by atoms with van der Waals surface area (Å²) in [5.74, 6) is 2.32. The Kier molecular flexibility index (Phi) is 4.95. The maximum absolute atomic E-state index is 13.6. The zero-order valence-electron chi connectivity index (χ0n) is 18.6. The number of rotatable bonds is 4. The van der Waals surface area contributed by atoms with E-state index in [1.165, 1.54) is 0 Å². The Morgan fingerprint density at radius 3 is 2.48 bits per heavy atom. The fraction of sp³-hybridized carbons (Fsp3) is 0.357. The lowest BCUT2D eigenvalue weighted by Crippen LogP contribution is -2.41. The molecule has 1 heterocycles. The van der Waals surface area contributed by atoms with Gasteiger partial charge in [0.05, 0.1) is 11.1 Å². The second-order valence-electron chi connectivity index (χ2n) is 9.61. The van der Waals surface area contributed by atoms with Gasteiger partial charge in [-0.25, -0.2) is 4.98 Å². The van der Waals surface area contributed by atoms with Crippen LogP contribution in [-0.2, 0) is 11.2 Å². The highest BCUT2D eigenvalue weighted by Gasteiger charge is 2.54. The number of fused-ring (bicyclic) bond motifs is 3. The number of aromatic nitrogens is 1. The Labute approximate surface area is 198 Å². The van der Waals surface area contributed by atoms with E-state index in [2.05, 4.69) is 11.9 Å². The lowest BCUT2D eigenvalue weighted by atomic mass is 9.59. The van der Waals surface area contributed by atoms with Crippen LogP contribution >= 0.6 is 11.6 Å². The first-order valence-electron chi connectivity index (χ1n) is 11.9. The van der Waals surface area contributed by atoms with Crippen LogP contribution in [0.5, 0.6) is 11.6 Å². The molecule has 4 aliphatic rings. The van der Waals surface area contributed by atoms with Crippen LogP contribution in [0.15, 0.2) is 54.3 Å². The zero-order valence-corrected chi connectivity index (χ0v) is 19.3. The average Bonchev–Trinajstić information content (AvgIpc) is 3.12. The van der Waals surface area contributed by atoms with Gasteiger partial charge in [-0.2, -0.15) is 0 Å². The van der Waals surface area contributed by atoms with Gasteiger partial charge in [-0.1, -0.05) is 24.6 Å². The minimum atomic E-state index is -0.0456. The third-order valence-corrected chi connectivity index (χ3v) is 8.15. The molecule has 2 atom stereocenters. The van der Waals surface area contributed by atoms with E-state index in [4.69, 9.17) is 16.3 Å². The molecule has 2 bridgehead atoms. The smallest absolute Gasteiger partial charge is 0.219 e. The van der Waals surface area contributed by atoms with Crippen LogP contribution in [0.3, 0.4) is 0 Å².